The van der Waals surface area contributed by atoms with E-state index < -0.39 is 0 Å². The molecular weight excluding hydrogens is 378 g/mol. The summed E-state index contributed by atoms with van der Waals surface area (Å²) in [4.78, 5) is 23.0. The zero-order valence-corrected chi connectivity index (χ0v) is 17.2. The molecule has 0 aliphatic rings. The van der Waals surface area contributed by atoms with Gasteiger partial charge in [0.15, 0.2) is 0 Å². The second-order valence-electron chi connectivity index (χ2n) is 7.29. The highest BCUT2D eigenvalue weighted by Crippen LogP contribution is 2.20. The van der Waals surface area contributed by atoms with Gasteiger partial charge in [-0.15, -0.1) is 0 Å². The van der Waals surface area contributed by atoms with Crippen LogP contribution in [0.1, 0.15) is 33.2 Å². The fourth-order valence-corrected chi connectivity index (χ4v) is 3.27. The molecule has 7 heteroatoms. The lowest BCUT2D eigenvalue weighted by Crippen LogP contribution is -2.26. The number of rotatable bonds is 6. The molecule has 4 aromatic rings. The summed E-state index contributed by atoms with van der Waals surface area (Å²) in [5, 5.41) is 4.06. The number of nitrogens with zero attached hydrogens (tertiary/aromatic N) is 5. The molecule has 152 valence electrons. The van der Waals surface area contributed by atoms with E-state index in [1.807, 2.05) is 68.6 Å². The number of aromatic nitrogens is 4. The number of hydrogen-bond donors (Lipinski definition) is 0. The molecule has 1 amide bonds. The van der Waals surface area contributed by atoms with Gasteiger partial charge in [-0.1, -0.05) is 41.6 Å². The number of benzene rings is 2. The van der Waals surface area contributed by atoms with Crippen molar-refractivity contribution in [1.29, 1.82) is 0 Å². The van der Waals surface area contributed by atoms with Crippen LogP contribution in [0.5, 0.6) is 0 Å². The van der Waals surface area contributed by atoms with Crippen molar-refractivity contribution in [3.05, 3.63) is 89.3 Å². The van der Waals surface area contributed by atoms with Gasteiger partial charge >= 0.3 is 0 Å². The first kappa shape index (κ1) is 19.6. The lowest BCUT2D eigenvalue weighted by atomic mass is 10.1. The molecule has 0 unspecified atom stereocenters. The van der Waals surface area contributed by atoms with Gasteiger partial charge < -0.3 is 14.0 Å². The van der Waals surface area contributed by atoms with Gasteiger partial charge in [-0.3, -0.25) is 4.79 Å². The number of aryl methyl sites for hydroxylation is 2. The second-order valence-corrected chi connectivity index (χ2v) is 7.29. The SMILES string of the molecule is Cc1ccccc1-c1noc(CN(C)C(=O)c2ccc(Cn3ccnc3C)cc2)n1. The second kappa shape index (κ2) is 8.32. The molecule has 0 N–H and O–H groups in total. The van der Waals surface area contributed by atoms with Crippen molar-refractivity contribution < 1.29 is 9.32 Å². The lowest BCUT2D eigenvalue weighted by Gasteiger charge is -2.15. The molecule has 2 aromatic heterocycles. The Kier molecular flexibility index (Phi) is 5.43. The molecule has 0 bridgehead atoms. The molecule has 0 radical (unpaired) electrons. The smallest absolute Gasteiger partial charge is 0.254 e. The summed E-state index contributed by atoms with van der Waals surface area (Å²) in [7, 11) is 1.72. The highest BCUT2D eigenvalue weighted by molar-refractivity contribution is 5.94. The predicted molar refractivity (Wildman–Crippen MR) is 113 cm³/mol. The highest BCUT2D eigenvalue weighted by Gasteiger charge is 2.17. The molecule has 0 atom stereocenters. The van der Waals surface area contributed by atoms with E-state index in [1.54, 1.807) is 18.1 Å². The normalized spacial score (nSPS) is 10.9. The van der Waals surface area contributed by atoms with Gasteiger partial charge in [-0.05, 0) is 37.1 Å². The van der Waals surface area contributed by atoms with E-state index in [-0.39, 0.29) is 12.5 Å². The molecule has 0 saturated carbocycles. The maximum Gasteiger partial charge on any atom is 0.254 e. The zero-order chi connectivity index (χ0) is 21.1. The maximum atomic E-state index is 12.8. The Labute approximate surface area is 175 Å². The minimum absolute atomic E-state index is 0.101. The third kappa shape index (κ3) is 4.15. The molecule has 30 heavy (non-hydrogen) atoms. The summed E-state index contributed by atoms with van der Waals surface area (Å²) >= 11 is 0. The van der Waals surface area contributed by atoms with Crippen LogP contribution in [0.3, 0.4) is 0 Å². The number of amides is 1. The third-order valence-corrected chi connectivity index (χ3v) is 5.05. The van der Waals surface area contributed by atoms with Crippen LogP contribution in [0.4, 0.5) is 0 Å². The summed E-state index contributed by atoms with van der Waals surface area (Å²) in [5.41, 5.74) is 3.71. The fourth-order valence-electron chi connectivity index (χ4n) is 3.27. The average Bonchev–Trinajstić information content (AvgIpc) is 3.37. The van der Waals surface area contributed by atoms with Crippen LogP contribution < -0.4 is 0 Å². The Bertz CT molecular complexity index is 1160. The number of hydrogen-bond acceptors (Lipinski definition) is 5. The topological polar surface area (TPSA) is 77.0 Å². The van der Waals surface area contributed by atoms with Crippen molar-refractivity contribution in [3.63, 3.8) is 0 Å². The Morgan fingerprint density at radius 3 is 2.57 bits per heavy atom. The summed E-state index contributed by atoms with van der Waals surface area (Å²) in [6.07, 6.45) is 3.72. The van der Waals surface area contributed by atoms with E-state index in [9.17, 15) is 4.79 Å². The van der Waals surface area contributed by atoms with Crippen molar-refractivity contribution in [1.82, 2.24) is 24.6 Å². The summed E-state index contributed by atoms with van der Waals surface area (Å²) in [6.45, 7) is 4.93. The lowest BCUT2D eigenvalue weighted by molar-refractivity contribution is 0.0769. The van der Waals surface area contributed by atoms with E-state index >= 15 is 0 Å². The predicted octanol–water partition coefficient (Wildman–Crippen LogP) is 3.87. The molecule has 2 aromatic carbocycles. The van der Waals surface area contributed by atoms with E-state index in [0.29, 0.717) is 17.3 Å². The number of imidazole rings is 1. The molecule has 0 aliphatic carbocycles. The summed E-state index contributed by atoms with van der Waals surface area (Å²) in [5.74, 6) is 1.79. The van der Waals surface area contributed by atoms with Crippen molar-refractivity contribution in [2.75, 3.05) is 7.05 Å². The number of carbonyl (C=O) groups excluding carboxylic acids is 1. The standard InChI is InChI=1S/C23H23N5O2/c1-16-6-4-5-7-20(16)22-25-21(30-26-22)15-27(3)23(29)19-10-8-18(9-11-19)14-28-13-12-24-17(28)2/h4-13H,14-15H2,1-3H3. The first-order chi connectivity index (χ1) is 14.5. The Morgan fingerprint density at radius 1 is 1.10 bits per heavy atom. The molecule has 0 spiro atoms. The largest absolute Gasteiger partial charge is 0.337 e. The first-order valence-corrected chi connectivity index (χ1v) is 9.72. The maximum absolute atomic E-state index is 12.8. The minimum atomic E-state index is -0.101. The summed E-state index contributed by atoms with van der Waals surface area (Å²) < 4.78 is 7.42. The fraction of sp³-hybridized carbons (Fsp3) is 0.217. The molecule has 0 aliphatic heterocycles. The van der Waals surface area contributed by atoms with Crippen LogP contribution in [0.2, 0.25) is 0 Å². The highest BCUT2D eigenvalue weighted by atomic mass is 16.5. The van der Waals surface area contributed by atoms with Gasteiger partial charge in [0.25, 0.3) is 5.91 Å². The molecule has 2 heterocycles. The van der Waals surface area contributed by atoms with Gasteiger partial charge in [0.2, 0.25) is 11.7 Å². The molecule has 4 rings (SSSR count). The molecular formula is C23H23N5O2. The Morgan fingerprint density at radius 2 is 1.87 bits per heavy atom. The first-order valence-electron chi connectivity index (χ1n) is 9.72. The molecule has 0 saturated heterocycles. The monoisotopic (exact) mass is 401 g/mol. The van der Waals surface area contributed by atoms with E-state index in [4.69, 9.17) is 4.52 Å². The van der Waals surface area contributed by atoms with Crippen LogP contribution in [0, 0.1) is 13.8 Å². The quantitative estimate of drug-likeness (QED) is 0.490. The van der Waals surface area contributed by atoms with E-state index in [2.05, 4.69) is 19.7 Å². The van der Waals surface area contributed by atoms with Crippen LogP contribution in [-0.4, -0.2) is 37.5 Å². The molecule has 7 nitrogen and oxygen atoms in total. The Hall–Kier alpha value is -3.74. The van der Waals surface area contributed by atoms with Gasteiger partial charge in [-0.2, -0.15) is 4.98 Å². The van der Waals surface area contributed by atoms with Crippen LogP contribution in [0.15, 0.2) is 65.4 Å². The van der Waals surface area contributed by atoms with Crippen molar-refractivity contribution in [2.24, 2.45) is 0 Å². The van der Waals surface area contributed by atoms with Gasteiger partial charge in [0, 0.05) is 37.1 Å². The zero-order valence-electron chi connectivity index (χ0n) is 17.2. The van der Waals surface area contributed by atoms with Gasteiger partial charge in [0.1, 0.15) is 5.82 Å². The summed E-state index contributed by atoms with van der Waals surface area (Å²) in [6, 6.07) is 15.5. The minimum Gasteiger partial charge on any atom is -0.337 e. The van der Waals surface area contributed by atoms with Crippen molar-refractivity contribution >= 4 is 5.91 Å². The van der Waals surface area contributed by atoms with E-state index in [1.165, 1.54) is 0 Å². The molecule has 0 fully saturated rings. The van der Waals surface area contributed by atoms with Gasteiger partial charge in [-0.25, -0.2) is 4.98 Å². The average molecular weight is 401 g/mol. The van der Waals surface area contributed by atoms with Crippen LogP contribution >= 0.6 is 0 Å². The van der Waals surface area contributed by atoms with Crippen molar-refractivity contribution in [3.8, 4) is 11.4 Å². The van der Waals surface area contributed by atoms with Crippen LogP contribution in [-0.2, 0) is 13.1 Å². The van der Waals surface area contributed by atoms with Gasteiger partial charge in [0.05, 0.1) is 6.54 Å². The Balaban J connectivity index is 1.41. The number of carbonyl (C=O) groups is 1. The third-order valence-electron chi connectivity index (χ3n) is 5.05. The van der Waals surface area contributed by atoms with Crippen molar-refractivity contribution in [2.45, 2.75) is 26.9 Å². The van der Waals surface area contributed by atoms with Crippen LogP contribution in [0.25, 0.3) is 11.4 Å². The van der Waals surface area contributed by atoms with E-state index in [0.717, 1.165) is 29.1 Å².